The van der Waals surface area contributed by atoms with E-state index in [0.29, 0.717) is 24.0 Å². The first-order valence-corrected chi connectivity index (χ1v) is 10.3. The fourth-order valence-electron chi connectivity index (χ4n) is 3.12. The van der Waals surface area contributed by atoms with Crippen LogP contribution in [0.25, 0.3) is 5.69 Å². The van der Waals surface area contributed by atoms with Crippen LogP contribution in [0.2, 0.25) is 5.02 Å². The van der Waals surface area contributed by atoms with E-state index >= 15 is 0 Å². The molecule has 0 atom stereocenters. The van der Waals surface area contributed by atoms with Crippen LogP contribution in [0, 0.1) is 0 Å². The fraction of sp³-hybridized carbons (Fsp3) is 0.263. The maximum absolute atomic E-state index is 12.6. The van der Waals surface area contributed by atoms with Gasteiger partial charge in [0.2, 0.25) is 11.1 Å². The van der Waals surface area contributed by atoms with Crippen LogP contribution < -0.4 is 4.90 Å². The van der Waals surface area contributed by atoms with Crippen molar-refractivity contribution in [1.29, 1.82) is 0 Å². The lowest BCUT2D eigenvalue weighted by atomic mass is 10.2. The molecule has 0 saturated carbocycles. The molecule has 7 nitrogen and oxygen atoms in total. The van der Waals surface area contributed by atoms with Crippen LogP contribution in [0.3, 0.4) is 0 Å². The number of carbonyl (C=O) groups is 1. The van der Waals surface area contributed by atoms with Crippen LogP contribution >= 0.6 is 23.4 Å². The van der Waals surface area contributed by atoms with Crippen molar-refractivity contribution in [2.75, 3.05) is 36.8 Å². The quantitative estimate of drug-likeness (QED) is 0.598. The number of amides is 1. The van der Waals surface area contributed by atoms with Crippen molar-refractivity contribution in [3.8, 4) is 5.69 Å². The molecule has 2 heterocycles. The fourth-order valence-corrected chi connectivity index (χ4v) is 4.17. The molecule has 3 aromatic rings. The van der Waals surface area contributed by atoms with Crippen molar-refractivity contribution in [1.82, 2.24) is 25.1 Å². The topological polar surface area (TPSA) is 67.2 Å². The van der Waals surface area contributed by atoms with Crippen molar-refractivity contribution >= 4 is 35.0 Å². The highest BCUT2D eigenvalue weighted by atomic mass is 35.5. The van der Waals surface area contributed by atoms with E-state index in [4.69, 9.17) is 11.6 Å². The molecule has 4 rings (SSSR count). The van der Waals surface area contributed by atoms with E-state index in [0.717, 1.165) is 29.5 Å². The number of piperazine rings is 1. The van der Waals surface area contributed by atoms with Crippen molar-refractivity contribution < 1.29 is 4.79 Å². The van der Waals surface area contributed by atoms with Gasteiger partial charge in [0.05, 0.1) is 22.2 Å². The van der Waals surface area contributed by atoms with E-state index in [1.54, 1.807) is 4.68 Å². The summed E-state index contributed by atoms with van der Waals surface area (Å²) < 4.78 is 1.65. The number of halogens is 1. The summed E-state index contributed by atoms with van der Waals surface area (Å²) in [5, 5.41) is 13.1. The molecule has 1 aromatic heterocycles. The zero-order valence-corrected chi connectivity index (χ0v) is 16.7. The first kappa shape index (κ1) is 18.8. The highest BCUT2D eigenvalue weighted by molar-refractivity contribution is 7.99. The van der Waals surface area contributed by atoms with E-state index in [9.17, 15) is 4.79 Å². The average Bonchev–Trinajstić information content (AvgIpc) is 3.22. The van der Waals surface area contributed by atoms with Gasteiger partial charge < -0.3 is 9.80 Å². The lowest BCUT2D eigenvalue weighted by Crippen LogP contribution is -2.49. The molecule has 1 amide bonds. The summed E-state index contributed by atoms with van der Waals surface area (Å²) >= 11 is 7.63. The molecule has 144 valence electrons. The number of nitrogens with zero attached hydrogens (tertiary/aromatic N) is 6. The van der Waals surface area contributed by atoms with Crippen molar-refractivity contribution in [3.05, 3.63) is 59.6 Å². The lowest BCUT2D eigenvalue weighted by Gasteiger charge is -2.36. The van der Waals surface area contributed by atoms with Crippen LogP contribution in [0.4, 0.5) is 5.69 Å². The third-order valence-electron chi connectivity index (χ3n) is 4.59. The number of benzene rings is 2. The molecule has 0 radical (unpaired) electrons. The smallest absolute Gasteiger partial charge is 0.233 e. The molecule has 1 fully saturated rings. The summed E-state index contributed by atoms with van der Waals surface area (Å²) in [5.41, 5.74) is 1.89. The first-order valence-electron chi connectivity index (χ1n) is 8.96. The zero-order chi connectivity index (χ0) is 19.3. The second-order valence-electron chi connectivity index (χ2n) is 6.32. The number of hydrogen-bond donors (Lipinski definition) is 0. The molecule has 0 aliphatic carbocycles. The molecular formula is C19H19ClN6OS. The third-order valence-corrected chi connectivity index (χ3v) is 5.82. The third kappa shape index (κ3) is 4.13. The molecule has 1 aliphatic rings. The molecule has 28 heavy (non-hydrogen) atoms. The van der Waals surface area contributed by atoms with Gasteiger partial charge in [-0.3, -0.25) is 4.79 Å². The summed E-state index contributed by atoms with van der Waals surface area (Å²) in [6.45, 7) is 2.88. The molecule has 1 saturated heterocycles. The summed E-state index contributed by atoms with van der Waals surface area (Å²) in [5.74, 6) is 0.394. The molecule has 0 spiro atoms. The number of hydrogen-bond acceptors (Lipinski definition) is 6. The highest BCUT2D eigenvalue weighted by Gasteiger charge is 2.23. The maximum Gasteiger partial charge on any atom is 0.233 e. The number of tetrazole rings is 1. The number of anilines is 1. The summed E-state index contributed by atoms with van der Waals surface area (Å²) in [6.07, 6.45) is 0. The molecule has 0 N–H and O–H groups in total. The molecule has 0 unspecified atom stereocenters. The first-order chi connectivity index (χ1) is 13.7. The standard InChI is InChI=1S/C19H19ClN6OS/c20-16-8-4-5-9-17(16)24-10-12-25(13-11-24)18(27)14-28-19-21-22-23-26(19)15-6-2-1-3-7-15/h1-9H,10-14H2. The van der Waals surface area contributed by atoms with Gasteiger partial charge >= 0.3 is 0 Å². The van der Waals surface area contributed by atoms with Crippen LogP contribution in [0.1, 0.15) is 0 Å². The van der Waals surface area contributed by atoms with Crippen LogP contribution in [0.15, 0.2) is 59.8 Å². The minimum atomic E-state index is 0.0893. The highest BCUT2D eigenvalue weighted by Crippen LogP contribution is 2.26. The second kappa shape index (κ2) is 8.62. The SMILES string of the molecule is O=C(CSc1nnnn1-c1ccccc1)N1CCN(c2ccccc2Cl)CC1. The minimum Gasteiger partial charge on any atom is -0.367 e. The van der Waals surface area contributed by atoms with Gasteiger partial charge in [0.15, 0.2) is 0 Å². The molecule has 0 bridgehead atoms. The Hall–Kier alpha value is -2.58. The minimum absolute atomic E-state index is 0.0893. The molecule has 2 aromatic carbocycles. The van der Waals surface area contributed by atoms with E-state index in [1.807, 2.05) is 59.5 Å². The predicted molar refractivity (Wildman–Crippen MR) is 110 cm³/mol. The van der Waals surface area contributed by atoms with Gasteiger partial charge in [0.25, 0.3) is 0 Å². The second-order valence-corrected chi connectivity index (χ2v) is 7.67. The summed E-state index contributed by atoms with van der Waals surface area (Å²) in [4.78, 5) is 16.7. The van der Waals surface area contributed by atoms with Crippen molar-refractivity contribution in [2.45, 2.75) is 5.16 Å². The monoisotopic (exact) mass is 414 g/mol. The number of carbonyl (C=O) groups excluding carboxylic acids is 1. The van der Waals surface area contributed by atoms with Crippen LogP contribution in [0.5, 0.6) is 0 Å². The normalized spacial score (nSPS) is 14.3. The summed E-state index contributed by atoms with van der Waals surface area (Å²) in [7, 11) is 0. The van der Waals surface area contributed by atoms with Gasteiger partial charge in [0.1, 0.15) is 0 Å². The van der Waals surface area contributed by atoms with Gasteiger partial charge in [0, 0.05) is 26.2 Å². The van der Waals surface area contributed by atoms with Crippen LogP contribution in [-0.2, 0) is 4.79 Å². The van der Waals surface area contributed by atoms with Gasteiger partial charge in [-0.1, -0.05) is 53.7 Å². The molecule has 1 aliphatic heterocycles. The van der Waals surface area contributed by atoms with E-state index in [-0.39, 0.29) is 5.91 Å². The Bertz CT molecular complexity index is 942. The average molecular weight is 415 g/mol. The number of thioether (sulfide) groups is 1. The van der Waals surface area contributed by atoms with Crippen molar-refractivity contribution in [3.63, 3.8) is 0 Å². The molecular weight excluding hydrogens is 396 g/mol. The van der Waals surface area contributed by atoms with E-state index < -0.39 is 0 Å². The Kier molecular flexibility index (Phi) is 5.78. The van der Waals surface area contributed by atoms with Gasteiger partial charge in [-0.2, -0.15) is 4.68 Å². The van der Waals surface area contributed by atoms with E-state index in [1.165, 1.54) is 11.8 Å². The van der Waals surface area contributed by atoms with Crippen molar-refractivity contribution in [2.24, 2.45) is 0 Å². The largest absolute Gasteiger partial charge is 0.367 e. The Labute approximate surface area is 172 Å². The van der Waals surface area contributed by atoms with Gasteiger partial charge in [-0.05, 0) is 34.7 Å². The van der Waals surface area contributed by atoms with E-state index in [2.05, 4.69) is 20.4 Å². The Balaban J connectivity index is 1.33. The zero-order valence-electron chi connectivity index (χ0n) is 15.1. The van der Waals surface area contributed by atoms with Gasteiger partial charge in [-0.15, -0.1) is 5.10 Å². The molecule has 9 heteroatoms. The number of para-hydroxylation sites is 2. The van der Waals surface area contributed by atoms with Crippen LogP contribution in [-0.4, -0.2) is 62.9 Å². The number of aromatic nitrogens is 4. The maximum atomic E-state index is 12.6. The summed E-state index contributed by atoms with van der Waals surface area (Å²) in [6, 6.07) is 17.4. The Morgan fingerprint density at radius 2 is 1.71 bits per heavy atom. The predicted octanol–water partition coefficient (Wildman–Crippen LogP) is 2.76. The Morgan fingerprint density at radius 3 is 2.46 bits per heavy atom. The Morgan fingerprint density at radius 1 is 1.00 bits per heavy atom. The number of rotatable bonds is 5. The lowest BCUT2D eigenvalue weighted by molar-refractivity contribution is -0.128. The van der Waals surface area contributed by atoms with Gasteiger partial charge in [-0.25, -0.2) is 0 Å².